The Balaban J connectivity index is 1.48. The molecule has 1 aliphatic rings. The maximum absolute atomic E-state index is 11.9. The van der Waals surface area contributed by atoms with Gasteiger partial charge in [0.05, 0.1) is 12.2 Å². The SMILES string of the molecule is O=C(CNC(=O)[C@@H]1CCCO1)Nc1ccc(-n2cccn2)cc1. The van der Waals surface area contributed by atoms with E-state index in [1.165, 1.54) is 0 Å². The number of ether oxygens (including phenoxy) is 1. The molecule has 2 heterocycles. The fourth-order valence-electron chi connectivity index (χ4n) is 2.39. The number of benzene rings is 1. The minimum absolute atomic E-state index is 0.0698. The molecule has 2 aromatic rings. The van der Waals surface area contributed by atoms with Gasteiger partial charge in [0.25, 0.3) is 0 Å². The van der Waals surface area contributed by atoms with Crippen LogP contribution in [0.2, 0.25) is 0 Å². The third-order valence-corrected chi connectivity index (χ3v) is 3.57. The minimum atomic E-state index is -0.420. The third-order valence-electron chi connectivity index (χ3n) is 3.57. The zero-order valence-electron chi connectivity index (χ0n) is 12.6. The molecule has 0 radical (unpaired) electrons. The fourth-order valence-corrected chi connectivity index (χ4v) is 2.39. The van der Waals surface area contributed by atoms with Crippen molar-refractivity contribution in [2.45, 2.75) is 18.9 Å². The van der Waals surface area contributed by atoms with Crippen molar-refractivity contribution < 1.29 is 14.3 Å². The van der Waals surface area contributed by atoms with Crippen LogP contribution in [0.3, 0.4) is 0 Å². The summed E-state index contributed by atoms with van der Waals surface area (Å²) in [5, 5.41) is 9.46. The van der Waals surface area contributed by atoms with Gasteiger partial charge in [0.15, 0.2) is 0 Å². The number of carbonyl (C=O) groups is 2. The topological polar surface area (TPSA) is 85.3 Å². The lowest BCUT2D eigenvalue weighted by atomic mass is 10.2. The molecule has 0 bridgehead atoms. The summed E-state index contributed by atoms with van der Waals surface area (Å²) in [4.78, 5) is 23.6. The Bertz CT molecular complexity index is 661. The first-order valence-electron chi connectivity index (χ1n) is 7.51. The molecule has 23 heavy (non-hydrogen) atoms. The van der Waals surface area contributed by atoms with Crippen LogP contribution in [0.15, 0.2) is 42.7 Å². The van der Waals surface area contributed by atoms with Gasteiger partial charge in [0, 0.05) is 24.7 Å². The average molecular weight is 314 g/mol. The Kier molecular flexibility index (Phi) is 4.68. The van der Waals surface area contributed by atoms with Gasteiger partial charge in [-0.3, -0.25) is 9.59 Å². The van der Waals surface area contributed by atoms with Gasteiger partial charge >= 0.3 is 0 Å². The van der Waals surface area contributed by atoms with Gasteiger partial charge < -0.3 is 15.4 Å². The van der Waals surface area contributed by atoms with Crippen molar-refractivity contribution in [1.82, 2.24) is 15.1 Å². The zero-order chi connectivity index (χ0) is 16.1. The van der Waals surface area contributed by atoms with E-state index in [0.717, 1.165) is 12.1 Å². The molecule has 0 unspecified atom stereocenters. The summed E-state index contributed by atoms with van der Waals surface area (Å²) in [6.45, 7) is 0.534. The van der Waals surface area contributed by atoms with Crippen molar-refractivity contribution in [3.05, 3.63) is 42.7 Å². The smallest absolute Gasteiger partial charge is 0.249 e. The predicted octanol–water partition coefficient (Wildman–Crippen LogP) is 1.11. The van der Waals surface area contributed by atoms with Crippen molar-refractivity contribution in [3.8, 4) is 5.69 Å². The normalized spacial score (nSPS) is 17.0. The maximum Gasteiger partial charge on any atom is 0.249 e. The van der Waals surface area contributed by atoms with E-state index in [1.54, 1.807) is 23.0 Å². The molecule has 0 aliphatic carbocycles. The van der Waals surface area contributed by atoms with Crippen molar-refractivity contribution in [2.75, 3.05) is 18.5 Å². The van der Waals surface area contributed by atoms with Crippen molar-refractivity contribution in [3.63, 3.8) is 0 Å². The maximum atomic E-state index is 11.9. The molecular weight excluding hydrogens is 296 g/mol. The second-order valence-electron chi connectivity index (χ2n) is 5.27. The summed E-state index contributed by atoms with van der Waals surface area (Å²) in [5.74, 6) is -0.505. The Labute approximate surface area is 133 Å². The third kappa shape index (κ3) is 3.95. The molecule has 7 nitrogen and oxygen atoms in total. The van der Waals surface area contributed by atoms with Gasteiger partial charge in [-0.1, -0.05) is 0 Å². The van der Waals surface area contributed by atoms with Gasteiger partial charge in [-0.25, -0.2) is 4.68 Å². The van der Waals surface area contributed by atoms with Crippen LogP contribution in [0.4, 0.5) is 5.69 Å². The number of aromatic nitrogens is 2. The zero-order valence-corrected chi connectivity index (χ0v) is 12.6. The highest BCUT2D eigenvalue weighted by Crippen LogP contribution is 2.13. The van der Waals surface area contributed by atoms with Crippen molar-refractivity contribution >= 4 is 17.5 Å². The lowest BCUT2D eigenvalue weighted by molar-refractivity contribution is -0.131. The van der Waals surface area contributed by atoms with E-state index in [1.807, 2.05) is 24.4 Å². The quantitative estimate of drug-likeness (QED) is 0.865. The van der Waals surface area contributed by atoms with Gasteiger partial charge in [-0.05, 0) is 43.2 Å². The number of carbonyl (C=O) groups excluding carboxylic acids is 2. The molecule has 0 spiro atoms. The van der Waals surface area contributed by atoms with Crippen LogP contribution in [-0.2, 0) is 14.3 Å². The van der Waals surface area contributed by atoms with Crippen LogP contribution >= 0.6 is 0 Å². The van der Waals surface area contributed by atoms with E-state index in [0.29, 0.717) is 18.7 Å². The number of hydrogen-bond donors (Lipinski definition) is 2. The van der Waals surface area contributed by atoms with Gasteiger partial charge in [-0.2, -0.15) is 5.10 Å². The molecular formula is C16H18N4O3. The highest BCUT2D eigenvalue weighted by molar-refractivity contribution is 5.95. The number of anilines is 1. The summed E-state index contributed by atoms with van der Waals surface area (Å²) in [6, 6.07) is 9.13. The van der Waals surface area contributed by atoms with Crippen LogP contribution in [0.5, 0.6) is 0 Å². The van der Waals surface area contributed by atoms with E-state index in [4.69, 9.17) is 4.74 Å². The summed E-state index contributed by atoms with van der Waals surface area (Å²) in [5.41, 5.74) is 1.57. The number of amides is 2. The predicted molar refractivity (Wildman–Crippen MR) is 84.2 cm³/mol. The molecule has 1 atom stereocenters. The summed E-state index contributed by atoms with van der Waals surface area (Å²) in [6.07, 6.45) is 4.71. The molecule has 0 saturated carbocycles. The van der Waals surface area contributed by atoms with E-state index in [2.05, 4.69) is 15.7 Å². The number of hydrogen-bond acceptors (Lipinski definition) is 4. The highest BCUT2D eigenvalue weighted by atomic mass is 16.5. The van der Waals surface area contributed by atoms with Gasteiger partial charge in [0.2, 0.25) is 11.8 Å². The Morgan fingerprint density at radius 3 is 2.78 bits per heavy atom. The van der Waals surface area contributed by atoms with Crippen molar-refractivity contribution in [2.24, 2.45) is 0 Å². The molecule has 2 amide bonds. The van der Waals surface area contributed by atoms with E-state index in [9.17, 15) is 9.59 Å². The summed E-state index contributed by atoms with van der Waals surface area (Å²) in [7, 11) is 0. The largest absolute Gasteiger partial charge is 0.368 e. The first kappa shape index (κ1) is 15.2. The molecule has 3 rings (SSSR count). The molecule has 1 aromatic heterocycles. The van der Waals surface area contributed by atoms with Crippen LogP contribution < -0.4 is 10.6 Å². The number of nitrogens with zero attached hydrogens (tertiary/aromatic N) is 2. The molecule has 7 heteroatoms. The van der Waals surface area contributed by atoms with Gasteiger partial charge in [0.1, 0.15) is 6.10 Å². The standard InChI is InChI=1S/C16H18N4O3/c21-15(11-17-16(22)14-3-1-10-23-14)19-12-4-6-13(7-5-12)20-9-2-8-18-20/h2,4-9,14H,1,3,10-11H2,(H,17,22)(H,19,21)/t14-/m0/s1. The first-order valence-corrected chi connectivity index (χ1v) is 7.51. The van der Waals surface area contributed by atoms with Crippen LogP contribution in [-0.4, -0.2) is 40.9 Å². The second kappa shape index (κ2) is 7.06. The molecule has 2 N–H and O–H groups in total. The molecule has 120 valence electrons. The molecule has 1 fully saturated rings. The molecule has 1 aromatic carbocycles. The average Bonchev–Trinajstić information content (AvgIpc) is 3.26. The van der Waals surface area contributed by atoms with E-state index < -0.39 is 6.10 Å². The number of rotatable bonds is 5. The summed E-state index contributed by atoms with van der Waals surface area (Å²) >= 11 is 0. The molecule has 1 aliphatic heterocycles. The van der Waals surface area contributed by atoms with Crippen LogP contribution in [0.25, 0.3) is 5.69 Å². The highest BCUT2D eigenvalue weighted by Gasteiger charge is 2.23. The summed E-state index contributed by atoms with van der Waals surface area (Å²) < 4.78 is 6.99. The Morgan fingerprint density at radius 1 is 1.30 bits per heavy atom. The monoisotopic (exact) mass is 314 g/mol. The number of nitrogens with one attached hydrogen (secondary N) is 2. The first-order chi connectivity index (χ1) is 11.2. The lowest BCUT2D eigenvalue weighted by Crippen LogP contribution is -2.39. The Hall–Kier alpha value is -2.67. The van der Waals surface area contributed by atoms with E-state index in [-0.39, 0.29) is 18.4 Å². The van der Waals surface area contributed by atoms with E-state index >= 15 is 0 Å². The van der Waals surface area contributed by atoms with Crippen LogP contribution in [0, 0.1) is 0 Å². The minimum Gasteiger partial charge on any atom is -0.368 e. The lowest BCUT2D eigenvalue weighted by Gasteiger charge is -2.11. The Morgan fingerprint density at radius 2 is 2.13 bits per heavy atom. The fraction of sp³-hybridized carbons (Fsp3) is 0.312. The van der Waals surface area contributed by atoms with Crippen LogP contribution in [0.1, 0.15) is 12.8 Å². The second-order valence-corrected chi connectivity index (χ2v) is 5.27. The molecule has 1 saturated heterocycles. The van der Waals surface area contributed by atoms with Crippen molar-refractivity contribution in [1.29, 1.82) is 0 Å². The van der Waals surface area contributed by atoms with Gasteiger partial charge in [-0.15, -0.1) is 0 Å².